The summed E-state index contributed by atoms with van der Waals surface area (Å²) in [5.41, 5.74) is 0.843. The van der Waals surface area contributed by atoms with Crippen LogP contribution >= 0.6 is 0 Å². The van der Waals surface area contributed by atoms with Crippen LogP contribution in [0.4, 0.5) is 4.79 Å². The molecule has 0 aliphatic heterocycles. The molecule has 1 aromatic heterocycles. The van der Waals surface area contributed by atoms with Crippen LogP contribution < -0.4 is 0 Å². The summed E-state index contributed by atoms with van der Waals surface area (Å²) in [6.45, 7) is 0.466. The van der Waals surface area contributed by atoms with Gasteiger partial charge in [-0.25, -0.2) is 4.79 Å². The smallest absolute Gasteiger partial charge is 0.409 e. The van der Waals surface area contributed by atoms with Crippen LogP contribution in [-0.2, 0) is 11.3 Å². The van der Waals surface area contributed by atoms with E-state index in [1.165, 1.54) is 12.0 Å². The zero-order valence-electron chi connectivity index (χ0n) is 7.73. The van der Waals surface area contributed by atoms with Crippen molar-refractivity contribution >= 4 is 6.09 Å². The largest absolute Gasteiger partial charge is 0.453 e. The van der Waals surface area contributed by atoms with Crippen molar-refractivity contribution < 1.29 is 9.53 Å². The number of hydrogen-bond acceptors (Lipinski definition) is 3. The molecule has 1 amide bonds. The lowest BCUT2D eigenvalue weighted by Gasteiger charge is -2.14. The van der Waals surface area contributed by atoms with E-state index in [0.717, 1.165) is 5.69 Å². The van der Waals surface area contributed by atoms with Crippen LogP contribution in [0.1, 0.15) is 5.69 Å². The minimum atomic E-state index is -0.356. The van der Waals surface area contributed by atoms with Crippen molar-refractivity contribution in [2.45, 2.75) is 6.54 Å². The molecule has 0 fully saturated rings. The summed E-state index contributed by atoms with van der Waals surface area (Å²) in [6.07, 6.45) is 1.34. The van der Waals surface area contributed by atoms with E-state index in [0.29, 0.717) is 6.54 Å². The molecule has 0 unspecified atom stereocenters. The van der Waals surface area contributed by atoms with Gasteiger partial charge in [0.2, 0.25) is 0 Å². The molecule has 1 aromatic rings. The van der Waals surface area contributed by atoms with Crippen LogP contribution in [-0.4, -0.2) is 30.1 Å². The van der Waals surface area contributed by atoms with Crippen LogP contribution in [0.25, 0.3) is 0 Å². The van der Waals surface area contributed by atoms with Gasteiger partial charge < -0.3 is 9.64 Å². The fourth-order valence-corrected chi connectivity index (χ4v) is 0.955. The Balaban J connectivity index is 2.55. The predicted octanol–water partition coefficient (Wildman–Crippen LogP) is 1.28. The zero-order valence-corrected chi connectivity index (χ0v) is 7.73. The van der Waals surface area contributed by atoms with Gasteiger partial charge in [0.1, 0.15) is 0 Å². The van der Waals surface area contributed by atoms with Gasteiger partial charge in [-0.2, -0.15) is 0 Å². The number of ether oxygens (including phenoxy) is 1. The first-order chi connectivity index (χ1) is 6.24. The molecule has 13 heavy (non-hydrogen) atoms. The minimum Gasteiger partial charge on any atom is -0.453 e. The van der Waals surface area contributed by atoms with Crippen molar-refractivity contribution in [1.29, 1.82) is 0 Å². The average Bonchev–Trinajstić information content (AvgIpc) is 2.18. The van der Waals surface area contributed by atoms with Gasteiger partial charge in [-0.3, -0.25) is 4.98 Å². The van der Waals surface area contributed by atoms with Gasteiger partial charge in [-0.1, -0.05) is 6.07 Å². The van der Waals surface area contributed by atoms with E-state index >= 15 is 0 Å². The van der Waals surface area contributed by atoms with E-state index in [1.54, 1.807) is 13.2 Å². The number of amides is 1. The van der Waals surface area contributed by atoms with Crippen LogP contribution in [0.2, 0.25) is 0 Å². The van der Waals surface area contributed by atoms with E-state index < -0.39 is 0 Å². The monoisotopic (exact) mass is 180 g/mol. The maximum atomic E-state index is 11.0. The number of methoxy groups -OCH3 is 1. The van der Waals surface area contributed by atoms with E-state index in [9.17, 15) is 4.79 Å². The molecule has 0 saturated carbocycles. The molecule has 0 atom stereocenters. The predicted molar refractivity (Wildman–Crippen MR) is 48.1 cm³/mol. The molecule has 0 radical (unpaired) electrons. The standard InChI is InChI=1S/C9H12N2O2/c1-11(9(12)13-2)7-8-5-3-4-6-10-8/h3-6H,7H2,1-2H3. The highest BCUT2D eigenvalue weighted by Gasteiger charge is 2.08. The molecule has 0 aliphatic rings. The summed E-state index contributed by atoms with van der Waals surface area (Å²) in [6, 6.07) is 5.58. The van der Waals surface area contributed by atoms with Crippen molar-refractivity contribution in [3.05, 3.63) is 30.1 Å². The number of aromatic nitrogens is 1. The second kappa shape index (κ2) is 4.45. The van der Waals surface area contributed by atoms with Crippen LogP contribution in [0, 0.1) is 0 Å². The molecule has 0 aliphatic carbocycles. The highest BCUT2D eigenvalue weighted by atomic mass is 16.5. The van der Waals surface area contributed by atoms with Gasteiger partial charge in [0.25, 0.3) is 0 Å². The number of rotatable bonds is 2. The van der Waals surface area contributed by atoms with Gasteiger partial charge in [0.05, 0.1) is 19.3 Å². The second-order valence-electron chi connectivity index (χ2n) is 2.65. The van der Waals surface area contributed by atoms with Gasteiger partial charge in [-0.15, -0.1) is 0 Å². The summed E-state index contributed by atoms with van der Waals surface area (Å²) >= 11 is 0. The molecule has 0 N–H and O–H groups in total. The molecule has 0 spiro atoms. The number of hydrogen-bond donors (Lipinski definition) is 0. The maximum Gasteiger partial charge on any atom is 0.409 e. The zero-order chi connectivity index (χ0) is 9.68. The first-order valence-electron chi connectivity index (χ1n) is 3.93. The molecular weight excluding hydrogens is 168 g/mol. The number of carbonyl (C=O) groups is 1. The van der Waals surface area contributed by atoms with E-state index in [-0.39, 0.29) is 6.09 Å². The van der Waals surface area contributed by atoms with Crippen LogP contribution in [0.3, 0.4) is 0 Å². The summed E-state index contributed by atoms with van der Waals surface area (Å²) in [4.78, 5) is 16.5. The minimum absolute atomic E-state index is 0.356. The number of pyridine rings is 1. The Morgan fingerprint density at radius 3 is 2.92 bits per heavy atom. The first-order valence-corrected chi connectivity index (χ1v) is 3.93. The molecule has 0 bridgehead atoms. The third-order valence-corrected chi connectivity index (χ3v) is 1.61. The maximum absolute atomic E-state index is 11.0. The topological polar surface area (TPSA) is 42.4 Å². The molecule has 0 saturated heterocycles. The van der Waals surface area contributed by atoms with E-state index in [2.05, 4.69) is 9.72 Å². The third kappa shape index (κ3) is 2.74. The van der Waals surface area contributed by atoms with Gasteiger partial charge in [0, 0.05) is 13.2 Å². The van der Waals surface area contributed by atoms with Gasteiger partial charge in [-0.05, 0) is 12.1 Å². The summed E-state index contributed by atoms with van der Waals surface area (Å²) < 4.78 is 4.54. The molecule has 1 rings (SSSR count). The van der Waals surface area contributed by atoms with Gasteiger partial charge in [0.15, 0.2) is 0 Å². The van der Waals surface area contributed by atoms with Crippen molar-refractivity contribution in [2.24, 2.45) is 0 Å². The van der Waals surface area contributed by atoms with Crippen molar-refractivity contribution in [2.75, 3.05) is 14.2 Å². The molecule has 70 valence electrons. The first kappa shape index (κ1) is 9.51. The normalized spacial score (nSPS) is 9.38. The summed E-state index contributed by atoms with van der Waals surface area (Å²) in [7, 11) is 3.03. The van der Waals surface area contributed by atoms with Crippen LogP contribution in [0.15, 0.2) is 24.4 Å². The Kier molecular flexibility index (Phi) is 3.25. The lowest BCUT2D eigenvalue weighted by molar-refractivity contribution is 0.131. The Morgan fingerprint density at radius 2 is 2.38 bits per heavy atom. The lowest BCUT2D eigenvalue weighted by Crippen LogP contribution is -2.26. The number of carbonyl (C=O) groups excluding carboxylic acids is 1. The lowest BCUT2D eigenvalue weighted by atomic mass is 10.3. The van der Waals surface area contributed by atoms with Crippen LogP contribution in [0.5, 0.6) is 0 Å². The third-order valence-electron chi connectivity index (χ3n) is 1.61. The fourth-order valence-electron chi connectivity index (χ4n) is 0.955. The molecule has 4 heteroatoms. The Morgan fingerprint density at radius 1 is 1.62 bits per heavy atom. The number of nitrogens with zero attached hydrogens (tertiary/aromatic N) is 2. The fraction of sp³-hybridized carbons (Fsp3) is 0.333. The quantitative estimate of drug-likeness (QED) is 0.688. The highest BCUT2D eigenvalue weighted by molar-refractivity contribution is 5.66. The van der Waals surface area contributed by atoms with E-state index in [1.807, 2.05) is 18.2 Å². The molecular formula is C9H12N2O2. The Hall–Kier alpha value is -1.58. The molecule has 1 heterocycles. The summed E-state index contributed by atoms with van der Waals surface area (Å²) in [5.74, 6) is 0. The Labute approximate surface area is 77.1 Å². The average molecular weight is 180 g/mol. The van der Waals surface area contributed by atoms with Crippen molar-refractivity contribution in [3.63, 3.8) is 0 Å². The Bertz CT molecular complexity index is 274. The molecule has 4 nitrogen and oxygen atoms in total. The SMILES string of the molecule is COC(=O)N(C)Cc1ccccn1. The van der Waals surface area contributed by atoms with E-state index in [4.69, 9.17) is 0 Å². The summed E-state index contributed by atoms with van der Waals surface area (Å²) in [5, 5.41) is 0. The molecule has 0 aromatic carbocycles. The van der Waals surface area contributed by atoms with Crippen molar-refractivity contribution in [1.82, 2.24) is 9.88 Å². The second-order valence-corrected chi connectivity index (χ2v) is 2.65. The highest BCUT2D eigenvalue weighted by Crippen LogP contribution is 1.99. The van der Waals surface area contributed by atoms with Gasteiger partial charge >= 0.3 is 6.09 Å². The van der Waals surface area contributed by atoms with Crippen molar-refractivity contribution in [3.8, 4) is 0 Å².